The van der Waals surface area contributed by atoms with Gasteiger partial charge in [0.1, 0.15) is 4.21 Å². The maximum Gasteiger partial charge on any atom is 0.252 e. The maximum absolute atomic E-state index is 12.4. The van der Waals surface area contributed by atoms with E-state index in [9.17, 15) is 18.0 Å². The molecule has 0 bridgehead atoms. The Morgan fingerprint density at radius 2 is 1.92 bits per heavy atom. The van der Waals surface area contributed by atoms with Crippen LogP contribution in [0, 0.1) is 0 Å². The predicted octanol–water partition coefficient (Wildman–Crippen LogP) is 0.0374. The Balaban J connectivity index is 1.82. The number of likely N-dealkylation sites (N-methyl/N-ethyl adjacent to an activating group) is 1. The molecule has 26 heavy (non-hydrogen) atoms. The molecule has 10 heteroatoms. The van der Waals surface area contributed by atoms with E-state index in [1.165, 1.54) is 13.1 Å². The summed E-state index contributed by atoms with van der Waals surface area (Å²) in [6, 6.07) is 3.30. The second kappa shape index (κ2) is 8.94. The number of hydrogen-bond donors (Lipinski definition) is 1. The molecule has 2 rings (SSSR count). The number of piperazine rings is 1. The van der Waals surface area contributed by atoms with Gasteiger partial charge in [-0.15, -0.1) is 11.3 Å². The number of carbonyl (C=O) groups excluding carboxylic acids is 2. The molecule has 1 aromatic rings. The van der Waals surface area contributed by atoms with Gasteiger partial charge in [0.05, 0.1) is 13.1 Å². The van der Waals surface area contributed by atoms with Gasteiger partial charge in [-0.3, -0.25) is 14.5 Å². The lowest BCUT2D eigenvalue weighted by Gasteiger charge is -2.35. The molecule has 2 heterocycles. The fraction of sp³-hybridized carbons (Fsp3) is 0.625. The second-order valence-corrected chi connectivity index (χ2v) is 9.79. The summed E-state index contributed by atoms with van der Waals surface area (Å²) in [6.07, 6.45) is 0. The van der Waals surface area contributed by atoms with Gasteiger partial charge in [0.2, 0.25) is 11.8 Å². The molecule has 1 aromatic heterocycles. The van der Waals surface area contributed by atoms with Crippen LogP contribution in [-0.4, -0.2) is 86.7 Å². The first kappa shape index (κ1) is 20.8. The number of amides is 2. The minimum Gasteiger partial charge on any atom is -0.353 e. The van der Waals surface area contributed by atoms with Gasteiger partial charge in [-0.25, -0.2) is 8.42 Å². The molecule has 0 radical (unpaired) electrons. The zero-order valence-electron chi connectivity index (χ0n) is 15.3. The van der Waals surface area contributed by atoms with E-state index >= 15 is 0 Å². The summed E-state index contributed by atoms with van der Waals surface area (Å²) in [4.78, 5) is 27.9. The highest BCUT2D eigenvalue weighted by atomic mass is 32.2. The zero-order chi connectivity index (χ0) is 19.3. The van der Waals surface area contributed by atoms with Gasteiger partial charge in [-0.2, -0.15) is 4.31 Å². The molecule has 8 nitrogen and oxygen atoms in total. The van der Waals surface area contributed by atoms with Crippen molar-refractivity contribution in [1.82, 2.24) is 19.4 Å². The first-order chi connectivity index (χ1) is 12.2. The van der Waals surface area contributed by atoms with Crippen molar-refractivity contribution in [3.05, 3.63) is 17.5 Å². The summed E-state index contributed by atoms with van der Waals surface area (Å²) in [5.41, 5.74) is 0. The second-order valence-electron chi connectivity index (χ2n) is 6.57. The number of carbonyl (C=O) groups is 2. The fourth-order valence-electron chi connectivity index (χ4n) is 2.67. The Kier molecular flexibility index (Phi) is 7.16. The van der Waals surface area contributed by atoms with Crippen LogP contribution in [0.3, 0.4) is 0 Å². The van der Waals surface area contributed by atoms with Gasteiger partial charge in [-0.05, 0) is 25.3 Å². The van der Waals surface area contributed by atoms with Gasteiger partial charge < -0.3 is 10.2 Å². The monoisotopic (exact) mass is 402 g/mol. The van der Waals surface area contributed by atoms with Crippen LogP contribution in [0.1, 0.15) is 13.8 Å². The Bertz CT molecular complexity index is 711. The van der Waals surface area contributed by atoms with Crippen LogP contribution in [0.4, 0.5) is 0 Å². The average Bonchev–Trinajstić information content (AvgIpc) is 3.09. The molecule has 2 amide bonds. The zero-order valence-corrected chi connectivity index (χ0v) is 17.0. The summed E-state index contributed by atoms with van der Waals surface area (Å²) >= 11 is 1.13. The third-order valence-corrected chi connectivity index (χ3v) is 7.24. The fourth-order valence-corrected chi connectivity index (χ4v) is 4.99. The molecule has 0 spiro atoms. The first-order valence-corrected chi connectivity index (χ1v) is 10.8. The average molecular weight is 403 g/mol. The molecule has 1 N–H and O–H groups in total. The molecular formula is C16H26N4O4S2. The third kappa shape index (κ3) is 5.50. The Hall–Kier alpha value is -1.49. The van der Waals surface area contributed by atoms with E-state index in [-0.39, 0.29) is 28.6 Å². The smallest absolute Gasteiger partial charge is 0.252 e. The van der Waals surface area contributed by atoms with Crippen molar-refractivity contribution in [1.29, 1.82) is 0 Å². The number of thiophene rings is 1. The molecule has 1 aliphatic heterocycles. The number of nitrogens with one attached hydrogen (secondary N) is 1. The van der Waals surface area contributed by atoms with Gasteiger partial charge in [0.15, 0.2) is 0 Å². The van der Waals surface area contributed by atoms with E-state index in [1.54, 1.807) is 16.3 Å². The van der Waals surface area contributed by atoms with Crippen LogP contribution in [0.5, 0.6) is 0 Å². The van der Waals surface area contributed by atoms with Gasteiger partial charge >= 0.3 is 0 Å². The van der Waals surface area contributed by atoms with E-state index < -0.39 is 10.0 Å². The normalized spacial score (nSPS) is 16.3. The minimum absolute atomic E-state index is 0.0263. The van der Waals surface area contributed by atoms with Crippen molar-refractivity contribution < 1.29 is 18.0 Å². The van der Waals surface area contributed by atoms with Crippen LogP contribution >= 0.6 is 11.3 Å². The maximum atomic E-state index is 12.4. The molecule has 0 aromatic carbocycles. The van der Waals surface area contributed by atoms with Crippen molar-refractivity contribution >= 4 is 33.2 Å². The molecular weight excluding hydrogens is 376 g/mol. The number of rotatable bonds is 7. The Labute approximate surface area is 158 Å². The van der Waals surface area contributed by atoms with Crippen molar-refractivity contribution in [3.8, 4) is 0 Å². The molecule has 146 valence electrons. The topological polar surface area (TPSA) is 90.0 Å². The minimum atomic E-state index is -3.63. The number of nitrogens with zero attached hydrogens (tertiary/aromatic N) is 3. The van der Waals surface area contributed by atoms with Crippen LogP contribution in [0.2, 0.25) is 0 Å². The molecule has 0 unspecified atom stereocenters. The lowest BCUT2D eigenvalue weighted by molar-refractivity contribution is -0.133. The van der Waals surface area contributed by atoms with Crippen molar-refractivity contribution in [2.75, 3.05) is 46.3 Å². The van der Waals surface area contributed by atoms with E-state index in [1.807, 2.05) is 18.7 Å². The van der Waals surface area contributed by atoms with E-state index in [0.717, 1.165) is 15.6 Å². The molecule has 0 atom stereocenters. The third-order valence-electron chi connectivity index (χ3n) is 4.06. The van der Waals surface area contributed by atoms with Crippen LogP contribution in [0.25, 0.3) is 0 Å². The summed E-state index contributed by atoms with van der Waals surface area (Å²) < 4.78 is 26.1. The van der Waals surface area contributed by atoms with E-state index in [2.05, 4.69) is 5.32 Å². The Morgan fingerprint density at radius 1 is 1.27 bits per heavy atom. The van der Waals surface area contributed by atoms with Crippen molar-refractivity contribution in [3.63, 3.8) is 0 Å². The first-order valence-electron chi connectivity index (χ1n) is 8.49. The summed E-state index contributed by atoms with van der Waals surface area (Å²) in [7, 11) is -2.21. The predicted molar refractivity (Wildman–Crippen MR) is 100 cm³/mol. The van der Waals surface area contributed by atoms with Crippen molar-refractivity contribution in [2.24, 2.45) is 0 Å². The number of sulfonamides is 1. The van der Waals surface area contributed by atoms with Crippen molar-refractivity contribution in [2.45, 2.75) is 24.1 Å². The number of hydrogen-bond acceptors (Lipinski definition) is 6. The standard InChI is InChI=1S/C16H26N4O4S2/c1-13(2)17-14(21)11-19-6-8-20(9-7-19)15(22)12-18(3)26(23,24)16-5-4-10-25-16/h4-5,10,13H,6-9,11-12H2,1-3H3,(H,17,21). The summed E-state index contributed by atoms with van der Waals surface area (Å²) in [5, 5.41) is 4.54. The van der Waals surface area contributed by atoms with Gasteiger partial charge in [-0.1, -0.05) is 6.07 Å². The molecule has 1 aliphatic rings. The molecule has 0 aliphatic carbocycles. The largest absolute Gasteiger partial charge is 0.353 e. The summed E-state index contributed by atoms with van der Waals surface area (Å²) in [5.74, 6) is -0.250. The van der Waals surface area contributed by atoms with Gasteiger partial charge in [0, 0.05) is 39.3 Å². The van der Waals surface area contributed by atoms with E-state index in [4.69, 9.17) is 0 Å². The summed E-state index contributed by atoms with van der Waals surface area (Å²) in [6.45, 7) is 6.12. The van der Waals surface area contributed by atoms with Gasteiger partial charge in [0.25, 0.3) is 10.0 Å². The molecule has 1 fully saturated rings. The van der Waals surface area contributed by atoms with Crippen LogP contribution in [-0.2, 0) is 19.6 Å². The highest BCUT2D eigenvalue weighted by Crippen LogP contribution is 2.19. The SMILES string of the molecule is CC(C)NC(=O)CN1CCN(C(=O)CN(C)S(=O)(=O)c2cccs2)CC1. The van der Waals surface area contributed by atoms with E-state index in [0.29, 0.717) is 32.7 Å². The van der Waals surface area contributed by atoms with Crippen LogP contribution in [0.15, 0.2) is 21.7 Å². The highest BCUT2D eigenvalue weighted by molar-refractivity contribution is 7.91. The van der Waals surface area contributed by atoms with Crippen LogP contribution < -0.4 is 5.32 Å². The molecule has 0 saturated carbocycles. The lowest BCUT2D eigenvalue weighted by Crippen LogP contribution is -2.53. The lowest BCUT2D eigenvalue weighted by atomic mass is 10.3. The Morgan fingerprint density at radius 3 is 2.46 bits per heavy atom. The molecule has 1 saturated heterocycles. The quantitative estimate of drug-likeness (QED) is 0.695. The highest BCUT2D eigenvalue weighted by Gasteiger charge is 2.28.